The van der Waals surface area contributed by atoms with Gasteiger partial charge >= 0.3 is 19.8 Å². The van der Waals surface area contributed by atoms with Gasteiger partial charge in [0.2, 0.25) is 0 Å². The number of phosphoric ester groups is 1. The van der Waals surface area contributed by atoms with Crippen molar-refractivity contribution in [1.82, 2.24) is 0 Å². The van der Waals surface area contributed by atoms with Crippen molar-refractivity contribution in [3.63, 3.8) is 0 Å². The number of epoxide rings is 1. The number of hydrogen-bond acceptors (Lipinski definition) is 9. The minimum atomic E-state index is -4.39. The summed E-state index contributed by atoms with van der Waals surface area (Å²) in [6, 6.07) is 0. The molecule has 3 unspecified atom stereocenters. The molecule has 0 aromatic rings. The van der Waals surface area contributed by atoms with Crippen LogP contribution in [-0.4, -0.2) is 61.5 Å². The molecule has 0 bridgehead atoms. The molecule has 1 saturated heterocycles. The fourth-order valence-electron chi connectivity index (χ4n) is 5.47. The van der Waals surface area contributed by atoms with Gasteiger partial charge in [0.1, 0.15) is 6.61 Å². The van der Waals surface area contributed by atoms with Crippen LogP contribution >= 0.6 is 7.82 Å². The summed E-state index contributed by atoms with van der Waals surface area (Å²) >= 11 is 0. The highest BCUT2D eigenvalue weighted by Gasteiger charge is 2.36. The van der Waals surface area contributed by atoms with E-state index in [0.717, 1.165) is 70.6 Å². The van der Waals surface area contributed by atoms with Gasteiger partial charge in [0.15, 0.2) is 6.10 Å². The van der Waals surface area contributed by atoms with Gasteiger partial charge in [-0.2, -0.15) is 0 Å². The van der Waals surface area contributed by atoms with Crippen LogP contribution < -0.4 is 5.73 Å². The number of hydrogen-bond donors (Lipinski definition) is 2. The van der Waals surface area contributed by atoms with E-state index in [1.807, 2.05) is 0 Å². The number of ether oxygens (including phenoxy) is 3. The molecule has 0 aromatic heterocycles. The number of phosphoric acid groups is 1. The van der Waals surface area contributed by atoms with Gasteiger partial charge in [0.05, 0.1) is 25.4 Å². The van der Waals surface area contributed by atoms with Crippen LogP contribution in [0.2, 0.25) is 0 Å². The highest BCUT2D eigenvalue weighted by molar-refractivity contribution is 7.47. The molecular formula is C41H72NO9P. The molecule has 52 heavy (non-hydrogen) atoms. The number of carbonyl (C=O) groups is 2. The molecule has 300 valence electrons. The minimum Gasteiger partial charge on any atom is -0.462 e. The Balaban J connectivity index is 2.24. The summed E-state index contributed by atoms with van der Waals surface area (Å²) in [5.74, 6) is -0.899. The first kappa shape index (κ1) is 48.0. The Morgan fingerprint density at radius 2 is 1.25 bits per heavy atom. The number of rotatable bonds is 36. The molecule has 1 heterocycles. The summed E-state index contributed by atoms with van der Waals surface area (Å²) in [6.07, 6.45) is 38.8. The summed E-state index contributed by atoms with van der Waals surface area (Å²) in [7, 11) is -4.39. The van der Waals surface area contributed by atoms with E-state index in [1.165, 1.54) is 44.9 Å². The predicted octanol–water partition coefficient (Wildman–Crippen LogP) is 10.1. The van der Waals surface area contributed by atoms with Gasteiger partial charge in [0, 0.05) is 19.4 Å². The lowest BCUT2D eigenvalue weighted by atomic mass is 10.1. The standard InChI is InChI=1S/C41H72NO9P/c1-3-5-7-8-9-10-11-12-13-14-15-16-20-23-27-31-40(43)47-35-37(36-49-52(45,46)48-34-33-42)50-41(44)32-28-24-21-18-17-19-22-26-30-39-38(51-39)29-25-6-4-2/h9-10,12-13,15-16,22,26,37-39H,3-8,11,14,17-21,23-25,27-36,42H2,1-2H3,(H,45,46)/b10-9-,13-12-,16-15-,26-22-/t37-,38?,39?/m1/s1. The normalized spacial score (nSPS) is 17.8. The fraction of sp³-hybridized carbons (Fsp3) is 0.756. The lowest BCUT2D eigenvalue weighted by molar-refractivity contribution is -0.161. The van der Waals surface area contributed by atoms with Crippen molar-refractivity contribution < 1.29 is 42.3 Å². The van der Waals surface area contributed by atoms with Crippen molar-refractivity contribution in [2.45, 2.75) is 173 Å². The molecule has 10 nitrogen and oxygen atoms in total. The van der Waals surface area contributed by atoms with E-state index in [0.29, 0.717) is 25.0 Å². The molecule has 0 saturated carbocycles. The van der Waals surface area contributed by atoms with E-state index in [1.54, 1.807) is 0 Å². The lowest BCUT2D eigenvalue weighted by Crippen LogP contribution is -2.29. The third-order valence-corrected chi connectivity index (χ3v) is 9.60. The van der Waals surface area contributed by atoms with Crippen LogP contribution in [0.4, 0.5) is 0 Å². The second-order valence-corrected chi connectivity index (χ2v) is 15.0. The summed E-state index contributed by atoms with van der Waals surface area (Å²) in [5.41, 5.74) is 5.33. The zero-order valence-corrected chi connectivity index (χ0v) is 33.4. The number of allylic oxidation sites excluding steroid dienone is 7. The van der Waals surface area contributed by atoms with Crippen molar-refractivity contribution in [2.75, 3.05) is 26.4 Å². The van der Waals surface area contributed by atoms with E-state index in [2.05, 4.69) is 62.5 Å². The highest BCUT2D eigenvalue weighted by Crippen LogP contribution is 2.43. The molecule has 1 aliphatic rings. The lowest BCUT2D eigenvalue weighted by Gasteiger charge is -2.19. The van der Waals surface area contributed by atoms with Gasteiger partial charge in [-0.25, -0.2) is 4.57 Å². The van der Waals surface area contributed by atoms with Gasteiger partial charge < -0.3 is 24.8 Å². The molecule has 0 aromatic carbocycles. The first-order valence-corrected chi connectivity index (χ1v) is 21.7. The third-order valence-electron chi connectivity index (χ3n) is 8.61. The monoisotopic (exact) mass is 753 g/mol. The third kappa shape index (κ3) is 30.4. The second-order valence-electron chi connectivity index (χ2n) is 13.5. The Labute approximate surface area is 315 Å². The summed E-state index contributed by atoms with van der Waals surface area (Å²) in [6.45, 7) is 3.58. The average Bonchev–Trinajstić information content (AvgIpc) is 3.88. The molecule has 11 heteroatoms. The van der Waals surface area contributed by atoms with Gasteiger partial charge in [-0.3, -0.25) is 18.6 Å². The predicted molar refractivity (Wildman–Crippen MR) is 210 cm³/mol. The molecule has 1 rings (SSSR count). The smallest absolute Gasteiger partial charge is 0.462 e. The zero-order valence-electron chi connectivity index (χ0n) is 32.5. The number of carbonyl (C=O) groups excluding carboxylic acids is 2. The first-order chi connectivity index (χ1) is 25.3. The summed E-state index contributed by atoms with van der Waals surface area (Å²) in [4.78, 5) is 34.8. The Morgan fingerprint density at radius 3 is 1.94 bits per heavy atom. The van der Waals surface area contributed by atoms with Crippen LogP contribution in [0, 0.1) is 0 Å². The Hall–Kier alpha value is -2.07. The Kier molecular flexibility index (Phi) is 30.9. The fourth-order valence-corrected chi connectivity index (χ4v) is 6.23. The van der Waals surface area contributed by atoms with E-state index >= 15 is 0 Å². The van der Waals surface area contributed by atoms with Gasteiger partial charge in [-0.05, 0) is 77.0 Å². The van der Waals surface area contributed by atoms with Crippen molar-refractivity contribution in [2.24, 2.45) is 5.73 Å². The van der Waals surface area contributed by atoms with E-state index in [9.17, 15) is 19.0 Å². The highest BCUT2D eigenvalue weighted by atomic mass is 31.2. The van der Waals surface area contributed by atoms with E-state index in [-0.39, 0.29) is 32.6 Å². The van der Waals surface area contributed by atoms with Gasteiger partial charge in [-0.1, -0.05) is 114 Å². The van der Waals surface area contributed by atoms with Crippen LogP contribution in [0.15, 0.2) is 48.6 Å². The molecule has 0 spiro atoms. The Morgan fingerprint density at radius 1 is 0.692 bits per heavy atom. The maximum Gasteiger partial charge on any atom is 0.472 e. The van der Waals surface area contributed by atoms with Crippen LogP contribution in [-0.2, 0) is 37.4 Å². The maximum atomic E-state index is 12.6. The summed E-state index contributed by atoms with van der Waals surface area (Å²) in [5, 5.41) is 0. The van der Waals surface area contributed by atoms with Crippen molar-refractivity contribution in [1.29, 1.82) is 0 Å². The molecule has 3 N–H and O–H groups in total. The molecule has 0 aliphatic carbocycles. The first-order valence-electron chi connectivity index (χ1n) is 20.2. The molecule has 0 amide bonds. The quantitative estimate of drug-likeness (QED) is 0.0208. The molecular weight excluding hydrogens is 681 g/mol. The van der Waals surface area contributed by atoms with Crippen molar-refractivity contribution >= 4 is 19.8 Å². The van der Waals surface area contributed by atoms with E-state index in [4.69, 9.17) is 29.0 Å². The molecule has 4 atom stereocenters. The zero-order chi connectivity index (χ0) is 38.0. The van der Waals surface area contributed by atoms with Crippen LogP contribution in [0.25, 0.3) is 0 Å². The number of unbranched alkanes of at least 4 members (excludes halogenated alkanes) is 12. The molecule has 0 radical (unpaired) electrons. The maximum absolute atomic E-state index is 12.6. The van der Waals surface area contributed by atoms with Crippen LogP contribution in [0.5, 0.6) is 0 Å². The van der Waals surface area contributed by atoms with Crippen molar-refractivity contribution in [3.05, 3.63) is 48.6 Å². The summed E-state index contributed by atoms with van der Waals surface area (Å²) < 4.78 is 38.4. The molecule has 1 aliphatic heterocycles. The van der Waals surface area contributed by atoms with Crippen LogP contribution in [0.1, 0.15) is 155 Å². The second kappa shape index (κ2) is 33.5. The van der Waals surface area contributed by atoms with Crippen LogP contribution in [0.3, 0.4) is 0 Å². The Bertz CT molecular complexity index is 1060. The number of esters is 2. The minimum absolute atomic E-state index is 0.0418. The van der Waals surface area contributed by atoms with Crippen molar-refractivity contribution in [3.8, 4) is 0 Å². The largest absolute Gasteiger partial charge is 0.472 e. The average molecular weight is 754 g/mol. The van der Waals surface area contributed by atoms with E-state index < -0.39 is 32.5 Å². The van der Waals surface area contributed by atoms with Gasteiger partial charge in [0.25, 0.3) is 0 Å². The topological polar surface area (TPSA) is 147 Å². The van der Waals surface area contributed by atoms with Gasteiger partial charge in [-0.15, -0.1) is 0 Å². The SMILES string of the molecule is CCCCC/C=C\C/C=C\C/C=C\CCCCC(=O)OC[C@H](COP(=O)(O)OCCN)OC(=O)CCCCCCC/C=C\CC1OC1CCCCC. The molecule has 1 fully saturated rings. The number of nitrogens with two attached hydrogens (primary N) is 1.